The molecule has 0 aliphatic rings. The summed E-state index contributed by atoms with van der Waals surface area (Å²) in [6.45, 7) is 1.30. The first kappa shape index (κ1) is 15.4. The van der Waals surface area contributed by atoms with E-state index in [0.717, 1.165) is 15.6 Å². The van der Waals surface area contributed by atoms with Gasteiger partial charge in [0.25, 0.3) is 0 Å². The van der Waals surface area contributed by atoms with Crippen molar-refractivity contribution in [3.8, 4) is 0 Å². The number of nitrogens with one attached hydrogen (secondary N) is 1. The second-order valence-corrected chi connectivity index (χ2v) is 4.79. The van der Waals surface area contributed by atoms with Gasteiger partial charge in [-0.25, -0.2) is 4.79 Å². The molecule has 0 aliphatic heterocycles. The van der Waals surface area contributed by atoms with E-state index in [-0.39, 0.29) is 0 Å². The quantitative estimate of drug-likeness (QED) is 0.712. The summed E-state index contributed by atoms with van der Waals surface area (Å²) in [7, 11) is 0. The van der Waals surface area contributed by atoms with Gasteiger partial charge in [-0.05, 0) is 30.2 Å². The van der Waals surface area contributed by atoms with Crippen molar-refractivity contribution in [1.29, 1.82) is 0 Å². The van der Waals surface area contributed by atoms with Gasteiger partial charge in [0.1, 0.15) is 0 Å². The van der Waals surface area contributed by atoms with Crippen LogP contribution in [0.2, 0.25) is 0 Å². The predicted molar refractivity (Wildman–Crippen MR) is 74.6 cm³/mol. The lowest BCUT2D eigenvalue weighted by molar-refractivity contribution is -0.142. The van der Waals surface area contributed by atoms with Gasteiger partial charge >= 0.3 is 5.97 Å². The van der Waals surface area contributed by atoms with E-state index in [1.807, 2.05) is 25.1 Å². The normalized spacial score (nSPS) is 12.4. The minimum Gasteiger partial charge on any atom is -0.480 e. The molecule has 102 valence electrons. The Kier molecular flexibility index (Phi) is 5.72. The fourth-order valence-corrected chi connectivity index (χ4v) is 1.96. The van der Waals surface area contributed by atoms with Gasteiger partial charge in [0.05, 0.1) is 6.61 Å². The van der Waals surface area contributed by atoms with Crippen molar-refractivity contribution in [3.05, 3.63) is 39.9 Å². The Balaban J connectivity index is 2.70. The number of hydrogen-bond acceptors (Lipinski definition) is 3. The number of aliphatic hydroxyl groups is 1. The van der Waals surface area contributed by atoms with Gasteiger partial charge in [0, 0.05) is 10.5 Å². The maximum absolute atomic E-state index is 11.5. The summed E-state index contributed by atoms with van der Waals surface area (Å²) in [6.07, 6.45) is 2.79. The van der Waals surface area contributed by atoms with E-state index in [0.29, 0.717) is 0 Å². The summed E-state index contributed by atoms with van der Waals surface area (Å²) in [6, 6.07) is 4.35. The lowest BCUT2D eigenvalue weighted by atomic mass is 10.1. The fraction of sp³-hybridized carbons (Fsp3) is 0.231. The predicted octanol–water partition coefficient (Wildman–Crippen LogP) is 1.33. The summed E-state index contributed by atoms with van der Waals surface area (Å²) >= 11 is 3.37. The largest absolute Gasteiger partial charge is 0.480 e. The average Bonchev–Trinajstić information content (AvgIpc) is 2.34. The first-order chi connectivity index (χ1) is 8.93. The molecule has 0 spiro atoms. The van der Waals surface area contributed by atoms with Gasteiger partial charge < -0.3 is 15.5 Å². The number of amides is 1. The molecule has 19 heavy (non-hydrogen) atoms. The molecular weight excluding hydrogens is 314 g/mol. The molecule has 1 aromatic carbocycles. The van der Waals surface area contributed by atoms with Crippen LogP contribution in [0.4, 0.5) is 0 Å². The van der Waals surface area contributed by atoms with E-state index >= 15 is 0 Å². The average molecular weight is 328 g/mol. The molecule has 6 heteroatoms. The fourth-order valence-electron chi connectivity index (χ4n) is 1.34. The Morgan fingerprint density at radius 3 is 2.68 bits per heavy atom. The first-order valence-electron chi connectivity index (χ1n) is 5.52. The van der Waals surface area contributed by atoms with Crippen LogP contribution in [-0.2, 0) is 9.59 Å². The molecule has 1 aromatic rings. The van der Waals surface area contributed by atoms with Crippen molar-refractivity contribution in [2.24, 2.45) is 0 Å². The summed E-state index contributed by atoms with van der Waals surface area (Å²) in [5.41, 5.74) is 1.89. The standard InChI is InChI=1S/C13H14BrNO4/c1-8-2-3-9(10(14)6-8)4-5-12(17)15-11(7-16)13(18)19/h2-6,11,16H,7H2,1H3,(H,15,17)(H,18,19)/b5-4+/t11-/m1/s1. The van der Waals surface area contributed by atoms with Crippen molar-refractivity contribution < 1.29 is 19.8 Å². The Morgan fingerprint density at radius 2 is 2.16 bits per heavy atom. The Bertz CT molecular complexity index is 513. The lowest BCUT2D eigenvalue weighted by Crippen LogP contribution is -2.42. The SMILES string of the molecule is Cc1ccc(/C=C/C(=O)N[C@H](CO)C(=O)O)c(Br)c1. The van der Waals surface area contributed by atoms with Crippen LogP contribution in [-0.4, -0.2) is 34.7 Å². The highest BCUT2D eigenvalue weighted by Gasteiger charge is 2.17. The van der Waals surface area contributed by atoms with E-state index in [2.05, 4.69) is 21.2 Å². The van der Waals surface area contributed by atoms with Crippen molar-refractivity contribution in [1.82, 2.24) is 5.32 Å². The summed E-state index contributed by atoms with van der Waals surface area (Å²) < 4.78 is 0.841. The van der Waals surface area contributed by atoms with Crippen LogP contribution < -0.4 is 5.32 Å². The smallest absolute Gasteiger partial charge is 0.328 e. The third-order valence-corrected chi connectivity index (χ3v) is 3.05. The Labute approximate surface area is 119 Å². The van der Waals surface area contributed by atoms with Crippen molar-refractivity contribution >= 4 is 33.9 Å². The number of aliphatic hydroxyl groups excluding tert-OH is 1. The van der Waals surface area contributed by atoms with Crippen LogP contribution in [0.3, 0.4) is 0 Å². The Morgan fingerprint density at radius 1 is 1.47 bits per heavy atom. The summed E-state index contributed by atoms with van der Waals surface area (Å²) in [5, 5.41) is 19.6. The highest BCUT2D eigenvalue weighted by atomic mass is 79.9. The molecule has 0 heterocycles. The number of carboxylic acids is 1. The molecule has 5 nitrogen and oxygen atoms in total. The number of hydrogen-bond donors (Lipinski definition) is 3. The number of carbonyl (C=O) groups is 2. The molecular formula is C13H14BrNO4. The van der Waals surface area contributed by atoms with Crippen LogP contribution in [0.5, 0.6) is 0 Å². The lowest BCUT2D eigenvalue weighted by Gasteiger charge is -2.09. The van der Waals surface area contributed by atoms with Crippen molar-refractivity contribution in [2.45, 2.75) is 13.0 Å². The van der Waals surface area contributed by atoms with E-state index in [1.165, 1.54) is 6.08 Å². The maximum Gasteiger partial charge on any atom is 0.328 e. The first-order valence-corrected chi connectivity index (χ1v) is 6.31. The van der Waals surface area contributed by atoms with E-state index < -0.39 is 24.5 Å². The van der Waals surface area contributed by atoms with Gasteiger partial charge in [-0.15, -0.1) is 0 Å². The van der Waals surface area contributed by atoms with Crippen LogP contribution in [0.15, 0.2) is 28.7 Å². The molecule has 3 N–H and O–H groups in total. The zero-order chi connectivity index (χ0) is 14.4. The number of aliphatic carboxylic acids is 1. The Hall–Kier alpha value is -1.66. The number of benzene rings is 1. The van der Waals surface area contributed by atoms with E-state index in [4.69, 9.17) is 10.2 Å². The molecule has 0 unspecified atom stereocenters. The highest BCUT2D eigenvalue weighted by molar-refractivity contribution is 9.10. The number of rotatable bonds is 5. The van der Waals surface area contributed by atoms with Crippen LogP contribution in [0, 0.1) is 6.92 Å². The van der Waals surface area contributed by atoms with Gasteiger partial charge in [-0.1, -0.05) is 28.1 Å². The monoisotopic (exact) mass is 327 g/mol. The number of carbonyl (C=O) groups excluding carboxylic acids is 1. The van der Waals surface area contributed by atoms with E-state index in [1.54, 1.807) is 6.08 Å². The molecule has 0 saturated carbocycles. The minimum absolute atomic E-state index is 0.575. The van der Waals surface area contributed by atoms with Gasteiger partial charge in [0.2, 0.25) is 5.91 Å². The topological polar surface area (TPSA) is 86.6 Å². The van der Waals surface area contributed by atoms with E-state index in [9.17, 15) is 9.59 Å². The molecule has 0 saturated heterocycles. The van der Waals surface area contributed by atoms with Crippen molar-refractivity contribution in [3.63, 3.8) is 0 Å². The maximum atomic E-state index is 11.5. The minimum atomic E-state index is -1.29. The molecule has 0 fully saturated rings. The van der Waals surface area contributed by atoms with Crippen LogP contribution >= 0.6 is 15.9 Å². The van der Waals surface area contributed by atoms with Gasteiger partial charge in [0.15, 0.2) is 6.04 Å². The number of halogens is 1. The third-order valence-electron chi connectivity index (χ3n) is 2.37. The van der Waals surface area contributed by atoms with Crippen LogP contribution in [0.25, 0.3) is 6.08 Å². The van der Waals surface area contributed by atoms with Crippen LogP contribution in [0.1, 0.15) is 11.1 Å². The molecule has 1 atom stereocenters. The third kappa shape index (κ3) is 4.84. The highest BCUT2D eigenvalue weighted by Crippen LogP contribution is 2.19. The van der Waals surface area contributed by atoms with Gasteiger partial charge in [-0.3, -0.25) is 4.79 Å². The van der Waals surface area contributed by atoms with Gasteiger partial charge in [-0.2, -0.15) is 0 Å². The molecule has 0 aromatic heterocycles. The summed E-state index contributed by atoms with van der Waals surface area (Å²) in [4.78, 5) is 22.1. The number of carboxylic acid groups (broad SMARTS) is 1. The molecule has 1 rings (SSSR count). The molecule has 0 radical (unpaired) electrons. The summed E-state index contributed by atoms with van der Waals surface area (Å²) in [5.74, 6) is -1.85. The zero-order valence-electron chi connectivity index (χ0n) is 10.3. The van der Waals surface area contributed by atoms with Crippen molar-refractivity contribution in [2.75, 3.05) is 6.61 Å². The molecule has 0 bridgehead atoms. The molecule has 1 amide bonds. The zero-order valence-corrected chi connectivity index (χ0v) is 11.8. The number of aryl methyl sites for hydroxylation is 1. The second-order valence-electron chi connectivity index (χ2n) is 3.94. The second kappa shape index (κ2) is 7.06. The molecule has 0 aliphatic carbocycles.